The fourth-order valence-corrected chi connectivity index (χ4v) is 4.33. The summed E-state index contributed by atoms with van der Waals surface area (Å²) < 4.78 is 64.3. The van der Waals surface area contributed by atoms with Crippen molar-refractivity contribution in [2.45, 2.75) is 24.0 Å². The standard InChI is InChI=1S/C18H19F3N2O3S2/c1-12(17(24)22-15-9-4-5-10-16(15)27-2)23(28(3,25)26)14-8-6-7-13(11-14)18(19,20)21/h4-12H,1-3H3,(H,22,24). The Hall–Kier alpha value is -2.20. The van der Waals surface area contributed by atoms with E-state index in [9.17, 15) is 26.4 Å². The van der Waals surface area contributed by atoms with Crippen molar-refractivity contribution in [1.82, 2.24) is 0 Å². The number of para-hydroxylation sites is 1. The molecular weight excluding hydrogens is 413 g/mol. The van der Waals surface area contributed by atoms with Crippen molar-refractivity contribution in [3.8, 4) is 0 Å². The molecule has 10 heteroatoms. The molecular formula is C18H19F3N2O3S2. The molecule has 1 atom stereocenters. The molecule has 0 bridgehead atoms. The number of rotatable bonds is 6. The molecule has 0 radical (unpaired) electrons. The fourth-order valence-electron chi connectivity index (χ4n) is 2.61. The third kappa shape index (κ3) is 5.20. The van der Waals surface area contributed by atoms with E-state index in [2.05, 4.69) is 5.32 Å². The number of benzene rings is 2. The van der Waals surface area contributed by atoms with Crippen molar-refractivity contribution in [3.05, 3.63) is 54.1 Å². The molecule has 2 rings (SSSR count). The number of alkyl halides is 3. The van der Waals surface area contributed by atoms with E-state index in [1.54, 1.807) is 24.3 Å². The summed E-state index contributed by atoms with van der Waals surface area (Å²) in [6.45, 7) is 1.32. The lowest BCUT2D eigenvalue weighted by Gasteiger charge is -2.29. The van der Waals surface area contributed by atoms with Crippen LogP contribution in [0.25, 0.3) is 0 Å². The second-order valence-electron chi connectivity index (χ2n) is 5.97. The minimum absolute atomic E-state index is 0.238. The molecule has 1 unspecified atom stereocenters. The number of anilines is 2. The summed E-state index contributed by atoms with van der Waals surface area (Å²) in [7, 11) is -4.03. The summed E-state index contributed by atoms with van der Waals surface area (Å²) in [4.78, 5) is 13.4. The Bertz CT molecular complexity index is 963. The van der Waals surface area contributed by atoms with Gasteiger partial charge < -0.3 is 5.32 Å². The van der Waals surface area contributed by atoms with E-state index < -0.39 is 33.7 Å². The maximum Gasteiger partial charge on any atom is 0.416 e. The number of nitrogens with zero attached hydrogens (tertiary/aromatic N) is 1. The van der Waals surface area contributed by atoms with Crippen LogP contribution in [-0.2, 0) is 21.0 Å². The van der Waals surface area contributed by atoms with Crippen LogP contribution in [0.4, 0.5) is 24.5 Å². The van der Waals surface area contributed by atoms with Gasteiger partial charge in [-0.3, -0.25) is 9.10 Å². The first kappa shape index (κ1) is 22.1. The zero-order valence-corrected chi connectivity index (χ0v) is 17.0. The van der Waals surface area contributed by atoms with E-state index in [-0.39, 0.29) is 5.69 Å². The van der Waals surface area contributed by atoms with Gasteiger partial charge in [-0.1, -0.05) is 18.2 Å². The predicted molar refractivity (Wildman–Crippen MR) is 105 cm³/mol. The number of sulfonamides is 1. The molecule has 1 amide bonds. The number of halogens is 3. The number of carbonyl (C=O) groups excluding carboxylic acids is 1. The lowest BCUT2D eigenvalue weighted by Crippen LogP contribution is -2.45. The van der Waals surface area contributed by atoms with Crippen molar-refractivity contribution in [1.29, 1.82) is 0 Å². The maximum atomic E-state index is 13.0. The Kier molecular flexibility index (Phi) is 6.66. The molecule has 0 aliphatic rings. The molecule has 28 heavy (non-hydrogen) atoms. The molecule has 2 aromatic carbocycles. The summed E-state index contributed by atoms with van der Waals surface area (Å²) >= 11 is 1.39. The molecule has 1 N–H and O–H groups in total. The third-order valence-corrected chi connectivity index (χ3v) is 5.92. The number of amides is 1. The van der Waals surface area contributed by atoms with Crippen LogP contribution in [0.1, 0.15) is 12.5 Å². The summed E-state index contributed by atoms with van der Waals surface area (Å²) in [6.07, 6.45) is -1.98. The van der Waals surface area contributed by atoms with Gasteiger partial charge in [-0.2, -0.15) is 13.2 Å². The van der Waals surface area contributed by atoms with Gasteiger partial charge in [0.15, 0.2) is 0 Å². The Morgan fingerprint density at radius 3 is 2.36 bits per heavy atom. The molecule has 0 aromatic heterocycles. The van der Waals surface area contributed by atoms with E-state index in [1.807, 2.05) is 6.26 Å². The van der Waals surface area contributed by atoms with Gasteiger partial charge in [0.25, 0.3) is 0 Å². The first-order valence-electron chi connectivity index (χ1n) is 8.05. The van der Waals surface area contributed by atoms with Crippen LogP contribution in [-0.4, -0.2) is 32.9 Å². The van der Waals surface area contributed by atoms with Crippen LogP contribution in [0, 0.1) is 0 Å². The van der Waals surface area contributed by atoms with Gasteiger partial charge in [-0.05, 0) is 43.5 Å². The molecule has 0 spiro atoms. The van der Waals surface area contributed by atoms with Crippen molar-refractivity contribution >= 4 is 39.1 Å². The van der Waals surface area contributed by atoms with Crippen LogP contribution in [0.15, 0.2) is 53.4 Å². The van der Waals surface area contributed by atoms with Crippen LogP contribution in [0.2, 0.25) is 0 Å². The Balaban J connectivity index is 2.40. The molecule has 5 nitrogen and oxygen atoms in total. The average Bonchev–Trinajstić information content (AvgIpc) is 2.60. The Morgan fingerprint density at radius 1 is 1.14 bits per heavy atom. The van der Waals surface area contributed by atoms with Crippen molar-refractivity contribution in [2.75, 3.05) is 22.1 Å². The Morgan fingerprint density at radius 2 is 1.79 bits per heavy atom. The highest BCUT2D eigenvalue weighted by Crippen LogP contribution is 2.33. The topological polar surface area (TPSA) is 66.5 Å². The predicted octanol–water partition coefficient (Wildman–Crippen LogP) is 4.22. The highest BCUT2D eigenvalue weighted by molar-refractivity contribution is 7.98. The molecule has 0 aliphatic carbocycles. The molecule has 152 valence electrons. The highest BCUT2D eigenvalue weighted by Gasteiger charge is 2.34. The van der Waals surface area contributed by atoms with Crippen molar-refractivity contribution < 1.29 is 26.4 Å². The molecule has 0 aliphatic heterocycles. The third-order valence-electron chi connectivity index (χ3n) is 3.88. The van der Waals surface area contributed by atoms with Gasteiger partial charge in [-0.15, -0.1) is 11.8 Å². The summed E-state index contributed by atoms with van der Waals surface area (Å²) in [5.41, 5.74) is -0.749. The van der Waals surface area contributed by atoms with Crippen molar-refractivity contribution in [3.63, 3.8) is 0 Å². The van der Waals surface area contributed by atoms with E-state index in [0.717, 1.165) is 23.3 Å². The molecule has 0 fully saturated rings. The minimum atomic E-state index is -4.64. The second-order valence-corrected chi connectivity index (χ2v) is 8.68. The molecule has 0 saturated carbocycles. The van der Waals surface area contributed by atoms with Gasteiger partial charge in [0.05, 0.1) is 23.2 Å². The van der Waals surface area contributed by atoms with Gasteiger partial charge in [0, 0.05) is 4.90 Å². The first-order valence-corrected chi connectivity index (χ1v) is 11.1. The SMILES string of the molecule is CSc1ccccc1NC(=O)C(C)N(c1cccc(C(F)(F)F)c1)S(C)(=O)=O. The normalized spacial score (nSPS) is 13.1. The van der Waals surface area contributed by atoms with Gasteiger partial charge in [0.2, 0.25) is 15.9 Å². The number of thioether (sulfide) groups is 1. The van der Waals surface area contributed by atoms with Crippen LogP contribution < -0.4 is 9.62 Å². The summed E-state index contributed by atoms with van der Waals surface area (Å²) in [5, 5.41) is 2.64. The van der Waals surface area contributed by atoms with Crippen LogP contribution in [0.5, 0.6) is 0 Å². The van der Waals surface area contributed by atoms with E-state index in [4.69, 9.17) is 0 Å². The number of carbonyl (C=O) groups is 1. The second kappa shape index (κ2) is 8.44. The van der Waals surface area contributed by atoms with E-state index >= 15 is 0 Å². The average molecular weight is 432 g/mol. The zero-order chi connectivity index (χ0) is 21.1. The fraction of sp³-hybridized carbons (Fsp3) is 0.278. The molecule has 0 saturated heterocycles. The molecule has 0 heterocycles. The lowest BCUT2D eigenvalue weighted by molar-refractivity contribution is -0.137. The van der Waals surface area contributed by atoms with E-state index in [1.165, 1.54) is 24.8 Å². The van der Waals surface area contributed by atoms with Crippen LogP contribution >= 0.6 is 11.8 Å². The summed E-state index contributed by atoms with van der Waals surface area (Å²) in [6, 6.07) is 9.53. The minimum Gasteiger partial charge on any atom is -0.323 e. The smallest absolute Gasteiger partial charge is 0.323 e. The number of hydrogen-bond acceptors (Lipinski definition) is 4. The lowest BCUT2D eigenvalue weighted by atomic mass is 10.1. The Labute approximate surface area is 166 Å². The first-order chi connectivity index (χ1) is 12.9. The zero-order valence-electron chi connectivity index (χ0n) is 15.3. The number of nitrogens with one attached hydrogen (secondary N) is 1. The highest BCUT2D eigenvalue weighted by atomic mass is 32.2. The van der Waals surface area contributed by atoms with Gasteiger partial charge in [-0.25, -0.2) is 8.42 Å². The number of hydrogen-bond donors (Lipinski definition) is 1. The monoisotopic (exact) mass is 432 g/mol. The largest absolute Gasteiger partial charge is 0.416 e. The van der Waals surface area contributed by atoms with Crippen LogP contribution in [0.3, 0.4) is 0 Å². The molecule has 2 aromatic rings. The van der Waals surface area contributed by atoms with E-state index in [0.29, 0.717) is 16.1 Å². The van der Waals surface area contributed by atoms with Gasteiger partial charge in [0.1, 0.15) is 6.04 Å². The summed E-state index contributed by atoms with van der Waals surface area (Å²) in [5.74, 6) is -0.663. The quantitative estimate of drug-likeness (QED) is 0.694. The van der Waals surface area contributed by atoms with Crippen molar-refractivity contribution in [2.24, 2.45) is 0 Å². The maximum absolute atomic E-state index is 13.0. The van der Waals surface area contributed by atoms with Gasteiger partial charge >= 0.3 is 6.18 Å².